The molecule has 0 saturated heterocycles. The molecular formula is C40H62O7P+. The molecule has 2 aromatic rings. The number of ketones is 2. The molecule has 0 unspecified atom stereocenters. The number of Topliss-reactive ketones (excluding diaryl/α,β-unsaturated/α-hetero) is 2. The SMILES string of the molecule is CCC(CC)(O[P+](=O)OC(CC)(CC)C(=O)c1cc(C(C)(C)C)c(O)c(C(C)(C)C)c1)C(=O)c1cc(C(C)(C)C)c(O)c(C(C)(C)C)c1. The number of carbonyl (C=O) groups is 2. The maximum Gasteiger partial charge on any atom is 0.699 e. The molecule has 0 spiro atoms. The van der Waals surface area contributed by atoms with E-state index in [2.05, 4.69) is 0 Å². The van der Waals surface area contributed by atoms with Crippen molar-refractivity contribution >= 4 is 19.8 Å². The summed E-state index contributed by atoms with van der Waals surface area (Å²) in [6.45, 7) is 30.9. The molecule has 0 aliphatic heterocycles. The molecule has 8 heteroatoms. The minimum Gasteiger partial charge on any atom is -0.507 e. The lowest BCUT2D eigenvalue weighted by Crippen LogP contribution is -2.42. The van der Waals surface area contributed by atoms with Crippen molar-refractivity contribution in [3.8, 4) is 11.5 Å². The highest BCUT2D eigenvalue weighted by Gasteiger charge is 2.52. The molecule has 0 fully saturated rings. The Morgan fingerprint density at radius 2 is 0.729 bits per heavy atom. The fraction of sp³-hybridized carbons (Fsp3) is 0.650. The summed E-state index contributed by atoms with van der Waals surface area (Å²) < 4.78 is 26.2. The highest BCUT2D eigenvalue weighted by molar-refractivity contribution is 7.33. The maximum atomic E-state index is 14.4. The Kier molecular flexibility index (Phi) is 12.4. The Hall–Kier alpha value is -2.60. The van der Waals surface area contributed by atoms with E-state index >= 15 is 0 Å². The lowest BCUT2D eigenvalue weighted by Gasteiger charge is -2.31. The van der Waals surface area contributed by atoms with Crippen molar-refractivity contribution < 1.29 is 33.4 Å². The van der Waals surface area contributed by atoms with E-state index in [4.69, 9.17) is 9.05 Å². The molecule has 0 heterocycles. The largest absolute Gasteiger partial charge is 0.699 e. The first kappa shape index (κ1) is 41.6. The molecule has 0 saturated carbocycles. The zero-order valence-electron chi connectivity index (χ0n) is 32.5. The summed E-state index contributed by atoms with van der Waals surface area (Å²) >= 11 is 0. The first-order valence-electron chi connectivity index (χ1n) is 17.4. The molecule has 0 bridgehead atoms. The number of carbonyl (C=O) groups excluding carboxylic acids is 2. The second-order valence-electron chi connectivity index (χ2n) is 17.3. The van der Waals surface area contributed by atoms with Gasteiger partial charge >= 0.3 is 8.25 Å². The third-order valence-corrected chi connectivity index (χ3v) is 10.6. The van der Waals surface area contributed by atoms with E-state index < -0.39 is 41.1 Å². The quantitative estimate of drug-likeness (QED) is 0.169. The van der Waals surface area contributed by atoms with Crippen LogP contribution in [0.2, 0.25) is 0 Å². The zero-order chi connectivity index (χ0) is 37.4. The van der Waals surface area contributed by atoms with Gasteiger partial charge in [0.25, 0.3) is 0 Å². The standard InChI is InChI=1S/C40H61O7P/c1-17-39(18-2,33(43)25-21-27(35(5,6)7)31(41)28(22-25)36(8,9)10)46-48(45)47-40(19-3,20-4)34(44)26-23-29(37(11,12)13)32(42)30(24-26)38(14,15)16/h21-24H,17-20H2,1-16H3,(H-,41,42,43,44)/p+1. The lowest BCUT2D eigenvalue weighted by molar-refractivity contribution is 0.0104. The third-order valence-electron chi connectivity index (χ3n) is 9.59. The summed E-state index contributed by atoms with van der Waals surface area (Å²) in [6, 6.07) is 6.84. The molecule has 0 aliphatic rings. The van der Waals surface area contributed by atoms with Gasteiger partial charge in [-0.3, -0.25) is 9.59 Å². The van der Waals surface area contributed by atoms with Crippen molar-refractivity contribution in [2.24, 2.45) is 0 Å². The fourth-order valence-electron chi connectivity index (χ4n) is 6.13. The smallest absolute Gasteiger partial charge is 0.507 e. The molecule has 2 rings (SSSR count). The molecular weight excluding hydrogens is 623 g/mol. The fourth-order valence-corrected chi connectivity index (χ4v) is 7.42. The average Bonchev–Trinajstić information content (AvgIpc) is 2.96. The van der Waals surface area contributed by atoms with Gasteiger partial charge in [-0.2, -0.15) is 0 Å². The Labute approximate surface area is 291 Å². The second-order valence-corrected chi connectivity index (χ2v) is 18.1. The van der Waals surface area contributed by atoms with Gasteiger partial charge in [0.05, 0.1) is 0 Å². The molecule has 268 valence electrons. The van der Waals surface area contributed by atoms with Gasteiger partial charge in [-0.05, 0) is 71.6 Å². The van der Waals surface area contributed by atoms with Crippen LogP contribution in [-0.4, -0.2) is 33.0 Å². The van der Waals surface area contributed by atoms with Crippen LogP contribution in [0, 0.1) is 0 Å². The molecule has 0 aliphatic carbocycles. The van der Waals surface area contributed by atoms with E-state index in [0.717, 1.165) is 0 Å². The van der Waals surface area contributed by atoms with Crippen LogP contribution in [-0.2, 0) is 35.3 Å². The van der Waals surface area contributed by atoms with Gasteiger partial charge in [0.1, 0.15) is 11.5 Å². The van der Waals surface area contributed by atoms with E-state index in [9.17, 15) is 24.4 Å². The number of benzene rings is 2. The number of hydrogen-bond donors (Lipinski definition) is 2. The maximum absolute atomic E-state index is 14.4. The van der Waals surface area contributed by atoms with Crippen molar-refractivity contribution in [2.45, 2.75) is 169 Å². The molecule has 0 aromatic heterocycles. The summed E-state index contributed by atoms with van der Waals surface area (Å²) in [5.74, 6) is -0.395. The predicted molar refractivity (Wildman–Crippen MR) is 196 cm³/mol. The molecule has 48 heavy (non-hydrogen) atoms. The first-order valence-corrected chi connectivity index (χ1v) is 18.5. The van der Waals surface area contributed by atoms with Gasteiger partial charge in [-0.1, -0.05) is 111 Å². The number of hydrogen-bond acceptors (Lipinski definition) is 7. The predicted octanol–water partition coefficient (Wildman–Crippen LogP) is 11.2. The van der Waals surface area contributed by atoms with Gasteiger partial charge in [0.15, 0.2) is 22.8 Å². The highest BCUT2D eigenvalue weighted by Crippen LogP contribution is 2.47. The number of phenolic OH excluding ortho intramolecular Hbond substituents is 2. The van der Waals surface area contributed by atoms with E-state index in [1.54, 1.807) is 52.0 Å². The van der Waals surface area contributed by atoms with Gasteiger partial charge in [-0.25, -0.2) is 0 Å². The third kappa shape index (κ3) is 8.57. The summed E-state index contributed by atoms with van der Waals surface area (Å²) in [5, 5.41) is 22.5. The Balaban J connectivity index is 2.65. The van der Waals surface area contributed by atoms with Crippen LogP contribution < -0.4 is 0 Å². The summed E-state index contributed by atoms with van der Waals surface area (Å²) in [7, 11) is -2.95. The van der Waals surface area contributed by atoms with Gasteiger partial charge in [0, 0.05) is 37.9 Å². The van der Waals surface area contributed by atoms with Gasteiger partial charge in [-0.15, -0.1) is 9.05 Å². The molecule has 2 N–H and O–H groups in total. The molecule has 2 aromatic carbocycles. The van der Waals surface area contributed by atoms with Crippen LogP contribution in [0.1, 0.15) is 179 Å². The molecule has 0 atom stereocenters. The molecule has 0 radical (unpaired) electrons. The van der Waals surface area contributed by atoms with Gasteiger partial charge in [0.2, 0.25) is 0 Å². The van der Waals surface area contributed by atoms with Crippen molar-refractivity contribution in [1.29, 1.82) is 0 Å². The summed E-state index contributed by atoms with van der Waals surface area (Å²) in [6.07, 6.45) is 0.851. The van der Waals surface area contributed by atoms with Crippen LogP contribution in [0.5, 0.6) is 11.5 Å². The normalized spacial score (nSPS) is 13.5. The Morgan fingerprint density at radius 3 is 0.896 bits per heavy atom. The van der Waals surface area contributed by atoms with Crippen molar-refractivity contribution in [1.82, 2.24) is 0 Å². The average molecular weight is 686 g/mol. The van der Waals surface area contributed by atoms with Crippen LogP contribution in [0.15, 0.2) is 24.3 Å². The zero-order valence-corrected chi connectivity index (χ0v) is 33.4. The van der Waals surface area contributed by atoms with Crippen LogP contribution in [0.3, 0.4) is 0 Å². The topological polar surface area (TPSA) is 110 Å². The molecule has 0 amide bonds. The van der Waals surface area contributed by atoms with E-state index in [1.807, 2.05) is 83.1 Å². The van der Waals surface area contributed by atoms with E-state index in [1.165, 1.54) is 0 Å². The van der Waals surface area contributed by atoms with Crippen molar-refractivity contribution in [3.05, 3.63) is 57.6 Å². The Bertz CT molecular complexity index is 1330. The second kappa shape index (κ2) is 14.3. The number of phenols is 2. The van der Waals surface area contributed by atoms with Crippen LogP contribution in [0.4, 0.5) is 0 Å². The lowest BCUT2D eigenvalue weighted by atomic mass is 9.76. The summed E-state index contributed by atoms with van der Waals surface area (Å²) in [5.41, 5.74) is -1.53. The first-order chi connectivity index (χ1) is 21.7. The minimum atomic E-state index is -2.95. The Morgan fingerprint density at radius 1 is 0.521 bits per heavy atom. The van der Waals surface area contributed by atoms with E-state index in [-0.39, 0.29) is 48.7 Å². The number of rotatable bonds is 12. The number of aromatic hydroxyl groups is 2. The molecule has 7 nitrogen and oxygen atoms in total. The van der Waals surface area contributed by atoms with Crippen molar-refractivity contribution in [3.63, 3.8) is 0 Å². The van der Waals surface area contributed by atoms with Crippen molar-refractivity contribution in [2.75, 3.05) is 0 Å². The van der Waals surface area contributed by atoms with Crippen LogP contribution >= 0.6 is 8.25 Å². The van der Waals surface area contributed by atoms with E-state index in [0.29, 0.717) is 33.4 Å². The minimum absolute atomic E-state index is 0.160. The van der Waals surface area contributed by atoms with Crippen LogP contribution in [0.25, 0.3) is 0 Å². The summed E-state index contributed by atoms with van der Waals surface area (Å²) in [4.78, 5) is 28.8. The highest BCUT2D eigenvalue weighted by atomic mass is 31.1. The van der Waals surface area contributed by atoms with Gasteiger partial charge < -0.3 is 10.2 Å². The monoisotopic (exact) mass is 685 g/mol.